The molecule has 0 aliphatic carbocycles. The number of aliphatic carboxylic acids is 1. The van der Waals surface area contributed by atoms with Crippen molar-refractivity contribution >= 4 is 17.8 Å². The number of nitrogens with one attached hydrogen (secondary N) is 1. The molecule has 2 atom stereocenters. The summed E-state index contributed by atoms with van der Waals surface area (Å²) in [5, 5.41) is 19.6. The summed E-state index contributed by atoms with van der Waals surface area (Å²) in [6.45, 7) is 1.48. The van der Waals surface area contributed by atoms with Gasteiger partial charge < -0.3 is 26.0 Å². The minimum absolute atomic E-state index is 0.197. The largest absolute Gasteiger partial charge is 0.481 e. The average molecular weight is 276 g/mol. The van der Waals surface area contributed by atoms with Gasteiger partial charge in [0.2, 0.25) is 5.91 Å². The van der Waals surface area contributed by atoms with E-state index in [2.05, 4.69) is 5.32 Å². The number of carboxylic acid groups (broad SMARTS) is 1. The lowest BCUT2D eigenvalue weighted by atomic mass is 10.2. The average Bonchev–Trinajstić information content (AvgIpc) is 2.34. The van der Waals surface area contributed by atoms with Crippen LogP contribution in [-0.4, -0.2) is 53.4 Å². The van der Waals surface area contributed by atoms with E-state index in [0.29, 0.717) is 6.42 Å². The summed E-state index contributed by atoms with van der Waals surface area (Å²) in [5.41, 5.74) is 5.32. The highest BCUT2D eigenvalue weighted by Gasteiger charge is 2.25. The van der Waals surface area contributed by atoms with E-state index < -0.39 is 43.0 Å². The van der Waals surface area contributed by atoms with Crippen molar-refractivity contribution in [1.82, 2.24) is 5.32 Å². The van der Waals surface area contributed by atoms with Crippen LogP contribution in [0.3, 0.4) is 0 Å². The van der Waals surface area contributed by atoms with Gasteiger partial charge in [-0.1, -0.05) is 13.3 Å². The minimum Gasteiger partial charge on any atom is -0.481 e. The molecule has 1 amide bonds. The molecular weight excluding hydrogens is 256 g/mol. The lowest BCUT2D eigenvalue weighted by Crippen LogP contribution is -2.51. The van der Waals surface area contributed by atoms with Crippen molar-refractivity contribution in [2.24, 2.45) is 5.73 Å². The highest BCUT2D eigenvalue weighted by molar-refractivity contribution is 5.89. The maximum atomic E-state index is 11.5. The van der Waals surface area contributed by atoms with E-state index in [0.717, 1.165) is 6.42 Å². The molecule has 0 aliphatic rings. The van der Waals surface area contributed by atoms with Gasteiger partial charge in [0.15, 0.2) is 6.04 Å². The van der Waals surface area contributed by atoms with E-state index in [1.165, 1.54) is 0 Å². The van der Waals surface area contributed by atoms with Crippen LogP contribution in [0.4, 0.5) is 0 Å². The van der Waals surface area contributed by atoms with Gasteiger partial charge in [-0.15, -0.1) is 0 Å². The second-order valence-electron chi connectivity index (χ2n) is 3.97. The number of hydrogen-bond acceptors (Lipinski definition) is 6. The van der Waals surface area contributed by atoms with Crippen LogP contribution in [-0.2, 0) is 19.1 Å². The number of unbranched alkanes of at least 4 members (excludes halogenated alkanes) is 1. The Balaban J connectivity index is 4.26. The quantitative estimate of drug-likeness (QED) is 0.300. The monoisotopic (exact) mass is 276 g/mol. The van der Waals surface area contributed by atoms with Crippen LogP contribution in [0.1, 0.15) is 26.2 Å². The molecular formula is C11H20N2O6. The predicted molar refractivity (Wildman–Crippen MR) is 65.1 cm³/mol. The van der Waals surface area contributed by atoms with E-state index in [-0.39, 0.29) is 6.61 Å². The van der Waals surface area contributed by atoms with E-state index in [4.69, 9.17) is 20.7 Å². The van der Waals surface area contributed by atoms with Crippen molar-refractivity contribution in [3.8, 4) is 0 Å². The lowest BCUT2D eigenvalue weighted by molar-refractivity contribution is -0.149. The van der Waals surface area contributed by atoms with E-state index in [9.17, 15) is 14.4 Å². The van der Waals surface area contributed by atoms with Gasteiger partial charge in [-0.3, -0.25) is 9.59 Å². The molecule has 0 aliphatic heterocycles. The highest BCUT2D eigenvalue weighted by Crippen LogP contribution is 1.95. The zero-order valence-electron chi connectivity index (χ0n) is 10.8. The normalized spacial score (nSPS) is 13.4. The fourth-order valence-corrected chi connectivity index (χ4v) is 1.16. The third kappa shape index (κ3) is 7.37. The topological polar surface area (TPSA) is 139 Å². The van der Waals surface area contributed by atoms with Crippen molar-refractivity contribution in [3.63, 3.8) is 0 Å². The Hall–Kier alpha value is -1.67. The zero-order valence-corrected chi connectivity index (χ0v) is 10.8. The van der Waals surface area contributed by atoms with Gasteiger partial charge in [-0.05, 0) is 6.42 Å². The molecule has 2 unspecified atom stereocenters. The SMILES string of the molecule is CCCCOC(=O)C(CO)NC(=O)C(N)CC(=O)O. The molecule has 5 N–H and O–H groups in total. The van der Waals surface area contributed by atoms with Crippen LogP contribution < -0.4 is 11.1 Å². The molecule has 0 rings (SSSR count). The number of aliphatic hydroxyl groups excluding tert-OH is 1. The van der Waals surface area contributed by atoms with Crippen LogP contribution in [0.25, 0.3) is 0 Å². The Kier molecular flexibility index (Phi) is 8.47. The summed E-state index contributed by atoms with van der Waals surface area (Å²) in [6.07, 6.45) is 0.956. The first-order valence-electron chi connectivity index (χ1n) is 5.97. The Morgan fingerprint density at radius 3 is 2.47 bits per heavy atom. The van der Waals surface area contributed by atoms with Crippen molar-refractivity contribution in [3.05, 3.63) is 0 Å². The fraction of sp³-hybridized carbons (Fsp3) is 0.727. The van der Waals surface area contributed by atoms with Crippen LogP contribution in [0.15, 0.2) is 0 Å². The standard InChI is InChI=1S/C11H20N2O6/c1-2-3-4-19-11(18)8(6-14)13-10(17)7(12)5-9(15)16/h7-8,14H,2-6,12H2,1H3,(H,13,17)(H,15,16). The maximum absolute atomic E-state index is 11.5. The Morgan fingerprint density at radius 2 is 2.00 bits per heavy atom. The number of ether oxygens (including phenoxy) is 1. The molecule has 0 spiro atoms. The van der Waals surface area contributed by atoms with Gasteiger partial charge in [0.05, 0.1) is 25.7 Å². The molecule has 0 radical (unpaired) electrons. The molecule has 19 heavy (non-hydrogen) atoms. The van der Waals surface area contributed by atoms with Crippen molar-refractivity contribution < 1.29 is 29.3 Å². The van der Waals surface area contributed by atoms with Crippen LogP contribution in [0.2, 0.25) is 0 Å². The number of nitrogens with two attached hydrogens (primary N) is 1. The number of esters is 1. The first-order valence-corrected chi connectivity index (χ1v) is 5.97. The highest BCUT2D eigenvalue weighted by atomic mass is 16.5. The molecule has 0 aromatic rings. The molecule has 0 saturated heterocycles. The number of hydrogen-bond donors (Lipinski definition) is 4. The third-order valence-corrected chi connectivity index (χ3v) is 2.26. The Bertz CT molecular complexity index is 320. The molecule has 8 nitrogen and oxygen atoms in total. The molecule has 0 bridgehead atoms. The summed E-state index contributed by atoms with van der Waals surface area (Å²) >= 11 is 0. The summed E-state index contributed by atoms with van der Waals surface area (Å²) in [4.78, 5) is 33.3. The molecule has 8 heteroatoms. The Labute approximate surface area is 110 Å². The van der Waals surface area contributed by atoms with Crippen molar-refractivity contribution in [2.75, 3.05) is 13.2 Å². The second kappa shape index (κ2) is 9.29. The fourth-order valence-electron chi connectivity index (χ4n) is 1.16. The van der Waals surface area contributed by atoms with Crippen LogP contribution in [0, 0.1) is 0 Å². The number of carbonyl (C=O) groups is 3. The van der Waals surface area contributed by atoms with E-state index in [1.807, 2.05) is 6.92 Å². The number of rotatable bonds is 9. The van der Waals surface area contributed by atoms with Gasteiger partial charge in [0.25, 0.3) is 0 Å². The summed E-state index contributed by atoms with van der Waals surface area (Å²) in [5.74, 6) is -2.82. The van der Waals surface area contributed by atoms with Crippen molar-refractivity contribution in [2.45, 2.75) is 38.3 Å². The molecule has 0 heterocycles. The molecule has 0 aromatic heterocycles. The lowest BCUT2D eigenvalue weighted by Gasteiger charge is -2.17. The summed E-state index contributed by atoms with van der Waals surface area (Å²) in [6, 6.07) is -2.51. The number of carbonyl (C=O) groups excluding carboxylic acids is 2. The van der Waals surface area contributed by atoms with Gasteiger partial charge in [-0.2, -0.15) is 0 Å². The van der Waals surface area contributed by atoms with Gasteiger partial charge in [0.1, 0.15) is 0 Å². The van der Waals surface area contributed by atoms with E-state index >= 15 is 0 Å². The second-order valence-corrected chi connectivity index (χ2v) is 3.97. The molecule has 110 valence electrons. The van der Waals surface area contributed by atoms with Crippen LogP contribution in [0.5, 0.6) is 0 Å². The van der Waals surface area contributed by atoms with E-state index in [1.54, 1.807) is 0 Å². The number of aliphatic hydroxyl groups is 1. The van der Waals surface area contributed by atoms with Gasteiger partial charge in [-0.25, -0.2) is 4.79 Å². The number of amides is 1. The number of carboxylic acids is 1. The van der Waals surface area contributed by atoms with Crippen LogP contribution >= 0.6 is 0 Å². The maximum Gasteiger partial charge on any atom is 0.331 e. The smallest absolute Gasteiger partial charge is 0.331 e. The summed E-state index contributed by atoms with van der Waals surface area (Å²) in [7, 11) is 0. The Morgan fingerprint density at radius 1 is 1.37 bits per heavy atom. The first-order chi connectivity index (χ1) is 8.92. The third-order valence-electron chi connectivity index (χ3n) is 2.26. The molecule has 0 fully saturated rings. The molecule has 0 aromatic carbocycles. The van der Waals surface area contributed by atoms with Gasteiger partial charge >= 0.3 is 11.9 Å². The van der Waals surface area contributed by atoms with Gasteiger partial charge in [0, 0.05) is 0 Å². The zero-order chi connectivity index (χ0) is 14.8. The predicted octanol–water partition coefficient (Wildman–Crippen LogP) is -1.39. The first kappa shape index (κ1) is 17.3. The minimum atomic E-state index is -1.28. The van der Waals surface area contributed by atoms with Crippen molar-refractivity contribution in [1.29, 1.82) is 0 Å². The molecule has 0 saturated carbocycles. The summed E-state index contributed by atoms with van der Waals surface area (Å²) < 4.78 is 4.83.